The maximum Gasteiger partial charge on any atom is 0.441 e. The SMILES string of the molecule is CC(C)N(CCOCCO)CCSC(F)(F)F. The fourth-order valence-corrected chi connectivity index (χ4v) is 1.81. The monoisotopic (exact) mass is 275 g/mol. The highest BCUT2D eigenvalue weighted by Gasteiger charge is 2.28. The van der Waals surface area contributed by atoms with E-state index in [9.17, 15) is 13.2 Å². The van der Waals surface area contributed by atoms with E-state index < -0.39 is 5.51 Å². The summed E-state index contributed by atoms with van der Waals surface area (Å²) in [6.07, 6.45) is 0. The van der Waals surface area contributed by atoms with E-state index in [0.717, 1.165) is 0 Å². The molecule has 0 saturated carbocycles. The van der Waals surface area contributed by atoms with Crippen molar-refractivity contribution in [1.82, 2.24) is 4.90 Å². The third-order valence-electron chi connectivity index (χ3n) is 2.13. The minimum atomic E-state index is -4.16. The third-order valence-corrected chi connectivity index (χ3v) is 2.85. The molecule has 0 bridgehead atoms. The quantitative estimate of drug-likeness (QED) is 0.652. The molecule has 0 rings (SSSR count). The third kappa shape index (κ3) is 10.9. The summed E-state index contributed by atoms with van der Waals surface area (Å²) >= 11 is 0.000541. The second-order valence-electron chi connectivity index (χ2n) is 3.76. The molecule has 0 unspecified atom stereocenters. The number of rotatable bonds is 9. The molecule has 0 heterocycles. The Balaban J connectivity index is 3.75. The average Bonchev–Trinajstić information content (AvgIpc) is 2.19. The topological polar surface area (TPSA) is 32.7 Å². The van der Waals surface area contributed by atoms with Crippen molar-refractivity contribution < 1.29 is 23.0 Å². The van der Waals surface area contributed by atoms with Crippen molar-refractivity contribution in [2.24, 2.45) is 0 Å². The lowest BCUT2D eigenvalue weighted by Crippen LogP contribution is -2.36. The molecule has 0 aromatic heterocycles. The van der Waals surface area contributed by atoms with Crippen LogP contribution in [-0.4, -0.2) is 60.2 Å². The lowest BCUT2D eigenvalue weighted by molar-refractivity contribution is -0.0329. The zero-order valence-corrected chi connectivity index (χ0v) is 11.0. The smallest absolute Gasteiger partial charge is 0.394 e. The second-order valence-corrected chi connectivity index (χ2v) is 4.92. The average molecular weight is 275 g/mol. The Morgan fingerprint density at radius 3 is 2.35 bits per heavy atom. The highest BCUT2D eigenvalue weighted by atomic mass is 32.2. The molecule has 3 nitrogen and oxygen atoms in total. The highest BCUT2D eigenvalue weighted by Crippen LogP contribution is 2.29. The molecule has 0 fully saturated rings. The number of hydrogen-bond acceptors (Lipinski definition) is 4. The summed E-state index contributed by atoms with van der Waals surface area (Å²) in [6.45, 7) is 5.49. The lowest BCUT2D eigenvalue weighted by Gasteiger charge is -2.26. The molecule has 0 spiro atoms. The van der Waals surface area contributed by atoms with Crippen LogP contribution in [0, 0.1) is 0 Å². The second kappa shape index (κ2) is 9.02. The molecule has 0 aliphatic carbocycles. The molecule has 0 aromatic rings. The van der Waals surface area contributed by atoms with Crippen LogP contribution in [0.1, 0.15) is 13.8 Å². The Labute approximate surface area is 104 Å². The number of aliphatic hydroxyl groups is 1. The van der Waals surface area contributed by atoms with Crippen molar-refractivity contribution in [1.29, 1.82) is 0 Å². The molecule has 0 amide bonds. The van der Waals surface area contributed by atoms with Crippen LogP contribution in [0.2, 0.25) is 0 Å². The van der Waals surface area contributed by atoms with E-state index in [0.29, 0.717) is 19.7 Å². The molecule has 0 atom stereocenters. The van der Waals surface area contributed by atoms with E-state index >= 15 is 0 Å². The van der Waals surface area contributed by atoms with Gasteiger partial charge in [-0.05, 0) is 25.6 Å². The van der Waals surface area contributed by atoms with Crippen molar-refractivity contribution in [2.45, 2.75) is 25.4 Å². The van der Waals surface area contributed by atoms with E-state index in [1.165, 1.54) is 0 Å². The van der Waals surface area contributed by atoms with E-state index in [1.54, 1.807) is 0 Å². The van der Waals surface area contributed by atoms with Crippen LogP contribution >= 0.6 is 11.8 Å². The molecule has 0 radical (unpaired) electrons. The minimum absolute atomic E-state index is 0.000541. The Morgan fingerprint density at radius 1 is 1.24 bits per heavy atom. The van der Waals surface area contributed by atoms with Gasteiger partial charge in [0.25, 0.3) is 0 Å². The predicted molar refractivity (Wildman–Crippen MR) is 63.1 cm³/mol. The molecule has 0 aliphatic rings. The Kier molecular flexibility index (Phi) is 9.03. The number of hydrogen-bond donors (Lipinski definition) is 1. The molecule has 17 heavy (non-hydrogen) atoms. The molecular weight excluding hydrogens is 255 g/mol. The van der Waals surface area contributed by atoms with Gasteiger partial charge in [0, 0.05) is 24.9 Å². The first-order chi connectivity index (χ1) is 7.87. The summed E-state index contributed by atoms with van der Waals surface area (Å²) in [7, 11) is 0. The van der Waals surface area contributed by atoms with Crippen molar-refractivity contribution in [3.8, 4) is 0 Å². The van der Waals surface area contributed by atoms with E-state index in [2.05, 4.69) is 0 Å². The summed E-state index contributed by atoms with van der Waals surface area (Å²) in [5.74, 6) is 0.0294. The van der Waals surface area contributed by atoms with Crippen molar-refractivity contribution >= 4 is 11.8 Å². The summed E-state index contributed by atoms with van der Waals surface area (Å²) in [5.41, 5.74) is -4.16. The van der Waals surface area contributed by atoms with E-state index in [-0.39, 0.29) is 36.8 Å². The Bertz CT molecular complexity index is 191. The van der Waals surface area contributed by atoms with Gasteiger partial charge in [-0.15, -0.1) is 0 Å². The van der Waals surface area contributed by atoms with E-state index in [1.807, 2.05) is 18.7 Å². The van der Waals surface area contributed by atoms with Crippen molar-refractivity contribution in [3.05, 3.63) is 0 Å². The molecule has 104 valence electrons. The molecule has 0 aromatic carbocycles. The van der Waals surface area contributed by atoms with Crippen molar-refractivity contribution in [3.63, 3.8) is 0 Å². The summed E-state index contributed by atoms with van der Waals surface area (Å²) < 4.78 is 40.9. The van der Waals surface area contributed by atoms with Crippen molar-refractivity contribution in [2.75, 3.05) is 38.7 Å². The van der Waals surface area contributed by atoms with Gasteiger partial charge < -0.3 is 9.84 Å². The zero-order valence-electron chi connectivity index (χ0n) is 10.2. The number of nitrogens with zero attached hydrogens (tertiary/aromatic N) is 1. The van der Waals surface area contributed by atoms with Gasteiger partial charge in [-0.3, -0.25) is 4.90 Å². The molecule has 0 aliphatic heterocycles. The maximum absolute atomic E-state index is 12.0. The van der Waals surface area contributed by atoms with Crippen LogP contribution in [0.4, 0.5) is 13.2 Å². The van der Waals surface area contributed by atoms with Crippen LogP contribution in [0.3, 0.4) is 0 Å². The van der Waals surface area contributed by atoms with Crippen LogP contribution < -0.4 is 0 Å². The van der Waals surface area contributed by atoms with Gasteiger partial charge in [0.2, 0.25) is 0 Å². The first-order valence-corrected chi connectivity index (χ1v) is 6.48. The molecule has 7 heteroatoms. The maximum atomic E-state index is 12.0. The van der Waals surface area contributed by atoms with Gasteiger partial charge in [0.1, 0.15) is 0 Å². The Morgan fingerprint density at radius 2 is 1.88 bits per heavy atom. The van der Waals surface area contributed by atoms with Crippen LogP contribution in [0.15, 0.2) is 0 Å². The fraction of sp³-hybridized carbons (Fsp3) is 1.00. The van der Waals surface area contributed by atoms with Gasteiger partial charge in [0.05, 0.1) is 19.8 Å². The fourth-order valence-electron chi connectivity index (χ4n) is 1.26. The molecule has 1 N–H and O–H groups in total. The summed E-state index contributed by atoms with van der Waals surface area (Å²) in [5, 5.41) is 8.50. The molecule has 0 saturated heterocycles. The number of halogens is 3. The van der Waals surface area contributed by atoms with Gasteiger partial charge in [0.15, 0.2) is 0 Å². The zero-order chi connectivity index (χ0) is 13.3. The summed E-state index contributed by atoms with van der Waals surface area (Å²) in [6, 6.07) is 0.182. The van der Waals surface area contributed by atoms with Gasteiger partial charge in [-0.25, -0.2) is 0 Å². The first kappa shape index (κ1) is 17.0. The Hall–Kier alpha value is 0.0200. The largest absolute Gasteiger partial charge is 0.441 e. The van der Waals surface area contributed by atoms with Gasteiger partial charge in [-0.2, -0.15) is 13.2 Å². The number of ether oxygens (including phenoxy) is 1. The summed E-state index contributed by atoms with van der Waals surface area (Å²) in [4.78, 5) is 1.93. The highest BCUT2D eigenvalue weighted by molar-refractivity contribution is 8.00. The number of thioether (sulfide) groups is 1. The van der Waals surface area contributed by atoms with Crippen LogP contribution in [0.25, 0.3) is 0 Å². The standard InChI is InChI=1S/C10H20F3NO2S/c1-9(2)14(3-6-16-7-5-15)4-8-17-10(11,12)13/h9,15H,3-8H2,1-2H3. The first-order valence-electron chi connectivity index (χ1n) is 5.50. The molecular formula is C10H20F3NO2S. The predicted octanol–water partition coefficient (Wildman–Crippen LogP) is 1.96. The minimum Gasteiger partial charge on any atom is -0.394 e. The lowest BCUT2D eigenvalue weighted by atomic mass is 10.3. The van der Waals surface area contributed by atoms with Gasteiger partial charge >= 0.3 is 5.51 Å². The number of alkyl halides is 3. The number of aliphatic hydroxyl groups excluding tert-OH is 1. The van der Waals surface area contributed by atoms with E-state index in [4.69, 9.17) is 9.84 Å². The van der Waals surface area contributed by atoms with Crippen LogP contribution in [-0.2, 0) is 4.74 Å². The van der Waals surface area contributed by atoms with Crippen LogP contribution in [0.5, 0.6) is 0 Å². The normalized spacial score (nSPS) is 12.7. The van der Waals surface area contributed by atoms with Gasteiger partial charge in [-0.1, -0.05) is 0 Å².